The van der Waals surface area contributed by atoms with Gasteiger partial charge in [0.05, 0.1) is 11.7 Å². The first-order valence-corrected chi connectivity index (χ1v) is 10.9. The highest BCUT2D eigenvalue weighted by Gasteiger charge is 2.28. The molecule has 2 amide bonds. The molecule has 0 radical (unpaired) electrons. The minimum Gasteiger partial charge on any atom is -0.322 e. The molecule has 1 aliphatic rings. The summed E-state index contributed by atoms with van der Waals surface area (Å²) in [6.07, 6.45) is 0. The molecule has 0 spiro atoms. The molecule has 7 heteroatoms. The lowest BCUT2D eigenvalue weighted by Gasteiger charge is -2.39. The largest absolute Gasteiger partial charge is 0.322 e. The minimum absolute atomic E-state index is 0.0224. The van der Waals surface area contributed by atoms with Crippen LogP contribution in [0.1, 0.15) is 17.2 Å². The van der Waals surface area contributed by atoms with Crippen LogP contribution < -0.4 is 5.32 Å². The molecule has 0 saturated carbocycles. The van der Waals surface area contributed by atoms with Crippen molar-refractivity contribution in [2.45, 2.75) is 6.04 Å². The third-order valence-corrected chi connectivity index (χ3v) is 5.97. The van der Waals surface area contributed by atoms with Crippen molar-refractivity contribution in [3.05, 3.63) is 100 Å². The number of carbonyl (C=O) groups excluding carboxylic acids is 1. The quantitative estimate of drug-likeness (QED) is 0.516. The van der Waals surface area contributed by atoms with E-state index in [-0.39, 0.29) is 17.8 Å². The van der Waals surface area contributed by atoms with E-state index in [9.17, 15) is 13.6 Å². The van der Waals surface area contributed by atoms with Crippen molar-refractivity contribution < 1.29 is 13.6 Å². The van der Waals surface area contributed by atoms with E-state index >= 15 is 0 Å². The number of nitrogens with one attached hydrogen (secondary N) is 1. The van der Waals surface area contributed by atoms with Crippen molar-refractivity contribution in [3.63, 3.8) is 0 Å². The Bertz CT molecular complexity index is 1040. The maximum absolute atomic E-state index is 13.9. The first kappa shape index (κ1) is 21.5. The summed E-state index contributed by atoms with van der Waals surface area (Å²) in [7, 11) is 0. The third kappa shape index (κ3) is 5.11. The lowest BCUT2D eigenvalue weighted by molar-refractivity contribution is 0.126. The Hall–Kier alpha value is -2.77. The molecule has 1 saturated heterocycles. The van der Waals surface area contributed by atoms with Crippen LogP contribution in [0.25, 0.3) is 0 Å². The summed E-state index contributed by atoms with van der Waals surface area (Å²) in [5.41, 5.74) is 2.35. The summed E-state index contributed by atoms with van der Waals surface area (Å²) < 4.78 is 28.0. The fraction of sp³-hybridized carbons (Fsp3) is 0.208. The number of piperazine rings is 1. The number of rotatable bonds is 4. The Balaban J connectivity index is 1.46. The molecule has 1 atom stereocenters. The molecule has 1 aliphatic heterocycles. The van der Waals surface area contributed by atoms with Crippen LogP contribution in [0.2, 0.25) is 0 Å². The predicted octanol–water partition coefficient (Wildman–Crippen LogP) is 5.67. The second-order valence-electron chi connectivity index (χ2n) is 7.44. The second-order valence-corrected chi connectivity index (χ2v) is 8.36. The highest BCUT2D eigenvalue weighted by molar-refractivity contribution is 9.10. The molecular weight excluding hydrogens is 464 g/mol. The number of anilines is 1. The first-order chi connectivity index (χ1) is 15.0. The van der Waals surface area contributed by atoms with Crippen LogP contribution >= 0.6 is 15.9 Å². The van der Waals surface area contributed by atoms with Crippen molar-refractivity contribution >= 4 is 27.6 Å². The molecule has 0 bridgehead atoms. The van der Waals surface area contributed by atoms with Crippen molar-refractivity contribution in [2.24, 2.45) is 0 Å². The Morgan fingerprint density at radius 2 is 1.52 bits per heavy atom. The lowest BCUT2D eigenvalue weighted by Crippen LogP contribution is -2.51. The fourth-order valence-electron chi connectivity index (χ4n) is 3.86. The van der Waals surface area contributed by atoms with Gasteiger partial charge in [0.25, 0.3) is 0 Å². The molecule has 1 fully saturated rings. The highest BCUT2D eigenvalue weighted by Crippen LogP contribution is 2.30. The molecule has 1 heterocycles. The molecule has 160 valence electrons. The van der Waals surface area contributed by atoms with Gasteiger partial charge >= 0.3 is 6.03 Å². The Kier molecular flexibility index (Phi) is 6.63. The topological polar surface area (TPSA) is 35.6 Å². The maximum atomic E-state index is 13.9. The number of hydrogen-bond acceptors (Lipinski definition) is 2. The molecule has 31 heavy (non-hydrogen) atoms. The van der Waals surface area contributed by atoms with Gasteiger partial charge in [-0.2, -0.15) is 0 Å². The van der Waals surface area contributed by atoms with E-state index in [0.717, 1.165) is 16.6 Å². The molecule has 0 aliphatic carbocycles. The molecule has 3 aromatic rings. The van der Waals surface area contributed by atoms with Gasteiger partial charge < -0.3 is 10.2 Å². The standard InChI is InChI=1S/C24H22BrF2N3O/c25-19-8-6-18(7-9-19)23(17-4-2-1-3-5-17)29-12-14-30(15-13-29)24(31)28-22-11-10-20(26)16-21(22)27/h1-11,16,23H,12-15H2,(H,28,31)/t23-/m0/s1. The Morgan fingerprint density at radius 3 is 2.16 bits per heavy atom. The van der Waals surface area contributed by atoms with Crippen LogP contribution in [0.15, 0.2) is 77.3 Å². The monoisotopic (exact) mass is 485 g/mol. The lowest BCUT2D eigenvalue weighted by atomic mass is 9.96. The van der Waals surface area contributed by atoms with E-state index < -0.39 is 11.6 Å². The molecule has 0 unspecified atom stereocenters. The predicted molar refractivity (Wildman–Crippen MR) is 121 cm³/mol. The molecule has 4 nitrogen and oxygen atoms in total. The van der Waals surface area contributed by atoms with Crippen molar-refractivity contribution in [2.75, 3.05) is 31.5 Å². The van der Waals surface area contributed by atoms with Gasteiger partial charge in [-0.05, 0) is 35.4 Å². The van der Waals surface area contributed by atoms with Gasteiger partial charge in [-0.25, -0.2) is 13.6 Å². The van der Waals surface area contributed by atoms with Gasteiger partial charge in [0.2, 0.25) is 0 Å². The number of nitrogens with zero attached hydrogens (tertiary/aromatic N) is 2. The molecular formula is C24H22BrF2N3O. The van der Waals surface area contributed by atoms with E-state index in [0.29, 0.717) is 26.2 Å². The van der Waals surface area contributed by atoms with Gasteiger partial charge in [0.1, 0.15) is 11.6 Å². The van der Waals surface area contributed by atoms with Crippen LogP contribution in [0.3, 0.4) is 0 Å². The van der Waals surface area contributed by atoms with E-state index in [2.05, 4.69) is 50.4 Å². The van der Waals surface area contributed by atoms with Crippen molar-refractivity contribution in [3.8, 4) is 0 Å². The van der Waals surface area contributed by atoms with E-state index in [1.165, 1.54) is 17.2 Å². The third-order valence-electron chi connectivity index (χ3n) is 5.44. The van der Waals surface area contributed by atoms with E-state index in [1.807, 2.05) is 30.3 Å². The zero-order valence-electron chi connectivity index (χ0n) is 16.8. The smallest absolute Gasteiger partial charge is 0.322 e. The number of benzene rings is 3. The van der Waals surface area contributed by atoms with Crippen LogP contribution in [0.5, 0.6) is 0 Å². The summed E-state index contributed by atoms with van der Waals surface area (Å²) in [5, 5.41) is 2.54. The van der Waals surface area contributed by atoms with Crippen LogP contribution in [0, 0.1) is 11.6 Å². The Labute approximate surface area is 188 Å². The van der Waals surface area contributed by atoms with Gasteiger partial charge in [-0.15, -0.1) is 0 Å². The normalized spacial score (nSPS) is 15.5. The van der Waals surface area contributed by atoms with E-state index in [4.69, 9.17) is 0 Å². The van der Waals surface area contributed by atoms with Crippen LogP contribution in [-0.2, 0) is 0 Å². The first-order valence-electron chi connectivity index (χ1n) is 10.1. The van der Waals surface area contributed by atoms with Gasteiger partial charge in [0.15, 0.2) is 0 Å². The average molecular weight is 486 g/mol. The SMILES string of the molecule is O=C(Nc1ccc(F)cc1F)N1CCN([C@@H](c2ccccc2)c2ccc(Br)cc2)CC1. The number of hydrogen-bond donors (Lipinski definition) is 1. The number of carbonyl (C=O) groups is 1. The summed E-state index contributed by atoms with van der Waals surface area (Å²) in [5.74, 6) is -1.46. The van der Waals surface area contributed by atoms with Crippen molar-refractivity contribution in [1.82, 2.24) is 9.80 Å². The van der Waals surface area contributed by atoms with Crippen LogP contribution in [0.4, 0.5) is 19.3 Å². The van der Waals surface area contributed by atoms with Crippen molar-refractivity contribution in [1.29, 1.82) is 0 Å². The maximum Gasteiger partial charge on any atom is 0.322 e. The van der Waals surface area contributed by atoms with Gasteiger partial charge in [0, 0.05) is 36.7 Å². The number of urea groups is 1. The summed E-state index contributed by atoms with van der Waals surface area (Å²) in [4.78, 5) is 16.6. The summed E-state index contributed by atoms with van der Waals surface area (Å²) in [6, 6.07) is 21.4. The number of halogens is 3. The number of amides is 2. The summed E-state index contributed by atoms with van der Waals surface area (Å²) >= 11 is 3.49. The van der Waals surface area contributed by atoms with E-state index in [1.54, 1.807) is 4.90 Å². The van der Waals surface area contributed by atoms with Gasteiger partial charge in [-0.3, -0.25) is 4.90 Å². The second kappa shape index (κ2) is 9.58. The zero-order chi connectivity index (χ0) is 21.8. The average Bonchev–Trinajstić information content (AvgIpc) is 2.78. The minimum atomic E-state index is -0.786. The van der Waals surface area contributed by atoms with Crippen LogP contribution in [-0.4, -0.2) is 42.0 Å². The molecule has 0 aromatic heterocycles. The fourth-order valence-corrected chi connectivity index (χ4v) is 4.13. The Morgan fingerprint density at radius 1 is 0.871 bits per heavy atom. The summed E-state index contributed by atoms with van der Waals surface area (Å²) in [6.45, 7) is 2.37. The molecule has 1 N–H and O–H groups in total. The molecule has 3 aromatic carbocycles. The van der Waals surface area contributed by atoms with Gasteiger partial charge in [-0.1, -0.05) is 58.4 Å². The molecule has 4 rings (SSSR count). The zero-order valence-corrected chi connectivity index (χ0v) is 18.4. The highest BCUT2D eigenvalue weighted by atomic mass is 79.9.